The van der Waals surface area contributed by atoms with Crippen LogP contribution in [0.3, 0.4) is 0 Å². The maximum absolute atomic E-state index is 12.7. The van der Waals surface area contributed by atoms with Gasteiger partial charge in [-0.15, -0.1) is 0 Å². The quantitative estimate of drug-likeness (QED) is 0.669. The standard InChI is InChI=1S/C22H24N2O3/c1-5-17-8-10-18(11-9-17)26-13-19-16(4)27-24-21(19)22(25)23-20-12-14(2)6-7-15(20)3/h6-12H,5,13H2,1-4H3,(H,23,25). The van der Waals surface area contributed by atoms with E-state index in [1.807, 2.05) is 56.3 Å². The van der Waals surface area contributed by atoms with Gasteiger partial charge in [0.2, 0.25) is 0 Å². The van der Waals surface area contributed by atoms with Crippen LogP contribution in [0.15, 0.2) is 47.0 Å². The fourth-order valence-corrected chi connectivity index (χ4v) is 2.77. The number of aromatic nitrogens is 1. The lowest BCUT2D eigenvalue weighted by molar-refractivity contribution is 0.101. The van der Waals surface area contributed by atoms with Gasteiger partial charge in [-0.1, -0.05) is 36.3 Å². The van der Waals surface area contributed by atoms with E-state index in [-0.39, 0.29) is 18.2 Å². The summed E-state index contributed by atoms with van der Waals surface area (Å²) in [5.74, 6) is 1.01. The average molecular weight is 364 g/mol. The Morgan fingerprint density at radius 1 is 1.11 bits per heavy atom. The largest absolute Gasteiger partial charge is 0.489 e. The van der Waals surface area contributed by atoms with Gasteiger partial charge in [-0.3, -0.25) is 4.79 Å². The van der Waals surface area contributed by atoms with Gasteiger partial charge in [-0.25, -0.2) is 0 Å². The smallest absolute Gasteiger partial charge is 0.278 e. The lowest BCUT2D eigenvalue weighted by Crippen LogP contribution is -2.16. The zero-order chi connectivity index (χ0) is 19.4. The van der Waals surface area contributed by atoms with E-state index in [1.54, 1.807) is 6.92 Å². The average Bonchev–Trinajstić information content (AvgIpc) is 3.04. The van der Waals surface area contributed by atoms with Gasteiger partial charge in [0.05, 0.1) is 5.56 Å². The third-order valence-electron chi connectivity index (χ3n) is 4.56. The second-order valence-corrected chi connectivity index (χ2v) is 6.62. The second kappa shape index (κ2) is 8.08. The summed E-state index contributed by atoms with van der Waals surface area (Å²) >= 11 is 0. The molecule has 3 rings (SSSR count). The van der Waals surface area contributed by atoms with Crippen LogP contribution in [0.1, 0.15) is 45.4 Å². The van der Waals surface area contributed by atoms with Crippen LogP contribution in [0, 0.1) is 20.8 Å². The predicted octanol–water partition coefficient (Wildman–Crippen LogP) is 4.99. The normalized spacial score (nSPS) is 10.7. The van der Waals surface area contributed by atoms with Gasteiger partial charge in [0.25, 0.3) is 5.91 Å². The molecule has 1 N–H and O–H groups in total. The second-order valence-electron chi connectivity index (χ2n) is 6.62. The minimum atomic E-state index is -0.305. The molecule has 5 heteroatoms. The highest BCUT2D eigenvalue weighted by Gasteiger charge is 2.21. The Hall–Kier alpha value is -3.08. The molecule has 5 nitrogen and oxygen atoms in total. The fraction of sp³-hybridized carbons (Fsp3) is 0.273. The zero-order valence-corrected chi connectivity index (χ0v) is 16.1. The Bertz CT molecular complexity index is 943. The number of ether oxygens (including phenoxy) is 1. The van der Waals surface area contributed by atoms with Crippen LogP contribution in [0.25, 0.3) is 0 Å². The molecule has 0 saturated carbocycles. The van der Waals surface area contributed by atoms with E-state index < -0.39 is 0 Å². The number of anilines is 1. The Morgan fingerprint density at radius 2 is 1.85 bits per heavy atom. The summed E-state index contributed by atoms with van der Waals surface area (Å²) in [6.07, 6.45) is 0.980. The van der Waals surface area contributed by atoms with Crippen molar-refractivity contribution < 1.29 is 14.1 Å². The molecule has 140 valence electrons. The number of amides is 1. The van der Waals surface area contributed by atoms with Crippen LogP contribution in [0.5, 0.6) is 5.75 Å². The van der Waals surface area contributed by atoms with Gasteiger partial charge in [-0.2, -0.15) is 0 Å². The first-order valence-electron chi connectivity index (χ1n) is 9.03. The third-order valence-corrected chi connectivity index (χ3v) is 4.56. The number of benzene rings is 2. The van der Waals surface area contributed by atoms with Crippen molar-refractivity contribution in [3.05, 3.63) is 76.2 Å². The molecule has 0 atom stereocenters. The summed E-state index contributed by atoms with van der Waals surface area (Å²) in [6.45, 7) is 8.04. The van der Waals surface area contributed by atoms with Crippen molar-refractivity contribution in [2.45, 2.75) is 40.7 Å². The van der Waals surface area contributed by atoms with Crippen molar-refractivity contribution in [1.82, 2.24) is 5.16 Å². The van der Waals surface area contributed by atoms with Crippen LogP contribution in [-0.4, -0.2) is 11.1 Å². The van der Waals surface area contributed by atoms with Crippen LogP contribution < -0.4 is 10.1 Å². The van der Waals surface area contributed by atoms with Crippen molar-refractivity contribution >= 4 is 11.6 Å². The number of nitrogens with zero attached hydrogens (tertiary/aromatic N) is 1. The Balaban J connectivity index is 1.75. The molecular weight excluding hydrogens is 340 g/mol. The molecular formula is C22H24N2O3. The monoisotopic (exact) mass is 364 g/mol. The summed E-state index contributed by atoms with van der Waals surface area (Å²) in [4.78, 5) is 12.7. The van der Waals surface area contributed by atoms with Gasteiger partial charge < -0.3 is 14.6 Å². The molecule has 0 unspecified atom stereocenters. The minimum absolute atomic E-state index is 0.219. The lowest BCUT2D eigenvalue weighted by atomic mass is 10.1. The van der Waals surface area contributed by atoms with Crippen LogP contribution >= 0.6 is 0 Å². The Morgan fingerprint density at radius 3 is 2.56 bits per heavy atom. The van der Waals surface area contributed by atoms with Gasteiger partial charge in [-0.05, 0) is 62.1 Å². The SMILES string of the molecule is CCc1ccc(OCc2c(C(=O)Nc3cc(C)ccc3C)noc2C)cc1. The molecule has 0 bridgehead atoms. The molecule has 0 radical (unpaired) electrons. The highest BCUT2D eigenvalue weighted by molar-refractivity contribution is 6.04. The zero-order valence-electron chi connectivity index (χ0n) is 16.1. The molecule has 1 aromatic heterocycles. The highest BCUT2D eigenvalue weighted by Crippen LogP contribution is 2.21. The van der Waals surface area contributed by atoms with E-state index in [4.69, 9.17) is 9.26 Å². The molecule has 3 aromatic rings. The third kappa shape index (κ3) is 4.37. The van der Waals surface area contributed by atoms with Crippen LogP contribution in [-0.2, 0) is 13.0 Å². The molecule has 0 aliphatic heterocycles. The number of hydrogen-bond donors (Lipinski definition) is 1. The summed E-state index contributed by atoms with van der Waals surface area (Å²) in [5.41, 5.74) is 4.98. The van der Waals surface area contributed by atoms with Crippen molar-refractivity contribution in [3.63, 3.8) is 0 Å². The van der Waals surface area contributed by atoms with Crippen LogP contribution in [0.2, 0.25) is 0 Å². The van der Waals surface area contributed by atoms with Crippen molar-refractivity contribution in [2.24, 2.45) is 0 Å². The molecule has 27 heavy (non-hydrogen) atoms. The molecule has 1 amide bonds. The first-order chi connectivity index (χ1) is 13.0. The van der Waals surface area contributed by atoms with Crippen molar-refractivity contribution in [3.8, 4) is 5.75 Å². The van der Waals surface area contributed by atoms with E-state index in [0.717, 1.165) is 29.0 Å². The molecule has 2 aromatic carbocycles. The summed E-state index contributed by atoms with van der Waals surface area (Å²) in [5, 5.41) is 6.85. The molecule has 1 heterocycles. The Labute approximate surface area is 159 Å². The summed E-state index contributed by atoms with van der Waals surface area (Å²) in [7, 11) is 0. The topological polar surface area (TPSA) is 64.4 Å². The number of aryl methyl sites for hydroxylation is 4. The van der Waals surface area contributed by atoms with Gasteiger partial charge in [0.15, 0.2) is 5.69 Å². The number of rotatable bonds is 6. The number of nitrogens with one attached hydrogen (secondary N) is 1. The molecule has 0 aliphatic carbocycles. The van der Waals surface area contributed by atoms with E-state index in [0.29, 0.717) is 11.3 Å². The number of carbonyl (C=O) groups is 1. The molecule has 0 aliphatic rings. The van der Waals surface area contributed by atoms with E-state index in [1.165, 1.54) is 5.56 Å². The lowest BCUT2D eigenvalue weighted by Gasteiger charge is -2.10. The molecule has 0 spiro atoms. The Kier molecular flexibility index (Phi) is 5.60. The summed E-state index contributed by atoms with van der Waals surface area (Å²) < 4.78 is 11.1. The first kappa shape index (κ1) is 18.7. The molecule has 0 saturated heterocycles. The predicted molar refractivity (Wildman–Crippen MR) is 105 cm³/mol. The number of hydrogen-bond acceptors (Lipinski definition) is 4. The van der Waals surface area contributed by atoms with Gasteiger partial charge >= 0.3 is 0 Å². The van der Waals surface area contributed by atoms with Gasteiger partial charge in [0, 0.05) is 5.69 Å². The number of carbonyl (C=O) groups excluding carboxylic acids is 1. The maximum atomic E-state index is 12.7. The van der Waals surface area contributed by atoms with Crippen molar-refractivity contribution in [1.29, 1.82) is 0 Å². The maximum Gasteiger partial charge on any atom is 0.278 e. The van der Waals surface area contributed by atoms with Gasteiger partial charge in [0.1, 0.15) is 18.1 Å². The van der Waals surface area contributed by atoms with E-state index in [9.17, 15) is 4.79 Å². The highest BCUT2D eigenvalue weighted by atomic mass is 16.5. The van der Waals surface area contributed by atoms with E-state index in [2.05, 4.69) is 17.4 Å². The van der Waals surface area contributed by atoms with Crippen LogP contribution in [0.4, 0.5) is 5.69 Å². The fourth-order valence-electron chi connectivity index (χ4n) is 2.77. The minimum Gasteiger partial charge on any atom is -0.489 e. The summed E-state index contributed by atoms with van der Waals surface area (Å²) in [6, 6.07) is 13.8. The first-order valence-corrected chi connectivity index (χ1v) is 9.03. The van der Waals surface area contributed by atoms with E-state index >= 15 is 0 Å². The molecule has 0 fully saturated rings. The van der Waals surface area contributed by atoms with Crippen molar-refractivity contribution in [2.75, 3.05) is 5.32 Å².